The molecule has 0 bridgehead atoms. The number of nitrogens with one attached hydrogen (secondary N) is 1. The molecule has 6 nitrogen and oxygen atoms in total. The second-order valence-electron chi connectivity index (χ2n) is 8.61. The highest BCUT2D eigenvalue weighted by molar-refractivity contribution is 7.92. The van der Waals surface area contributed by atoms with Crippen LogP contribution in [0.2, 0.25) is 0 Å². The lowest BCUT2D eigenvalue weighted by Crippen LogP contribution is -2.38. The van der Waals surface area contributed by atoms with Crippen LogP contribution in [0.1, 0.15) is 58.7 Å². The molecule has 174 valence electrons. The van der Waals surface area contributed by atoms with Crippen molar-refractivity contribution in [2.75, 3.05) is 10.1 Å². The number of nitrogens with zero attached hydrogens (tertiary/aromatic N) is 2. The summed E-state index contributed by atoms with van der Waals surface area (Å²) in [6, 6.07) is 6.14. The van der Waals surface area contributed by atoms with Gasteiger partial charge >= 0.3 is 6.18 Å². The molecule has 0 amide bonds. The van der Waals surface area contributed by atoms with Crippen LogP contribution in [0.5, 0.6) is 5.75 Å². The maximum atomic E-state index is 13.1. The van der Waals surface area contributed by atoms with Crippen LogP contribution in [0.3, 0.4) is 0 Å². The number of sulfonamides is 1. The molecule has 0 aliphatic rings. The second kappa shape index (κ2) is 9.50. The van der Waals surface area contributed by atoms with Crippen molar-refractivity contribution >= 4 is 15.7 Å². The van der Waals surface area contributed by atoms with Gasteiger partial charge in [0.1, 0.15) is 5.75 Å². The van der Waals surface area contributed by atoms with E-state index in [9.17, 15) is 21.6 Å². The zero-order chi connectivity index (χ0) is 23.4. The average Bonchev–Trinajstić information content (AvgIpc) is 3.06. The SMILES string of the molecule is CCCC(C)Oc1cccc(N(Cc2cn[nH]c2C(C)(C)C)S(=O)(=O)CC(F)(F)F)c1. The van der Waals surface area contributed by atoms with E-state index in [-0.39, 0.29) is 18.3 Å². The Morgan fingerprint density at radius 3 is 2.48 bits per heavy atom. The van der Waals surface area contributed by atoms with Crippen LogP contribution in [-0.4, -0.2) is 36.6 Å². The van der Waals surface area contributed by atoms with Gasteiger partial charge in [0.2, 0.25) is 10.0 Å². The second-order valence-corrected chi connectivity index (χ2v) is 10.5. The Morgan fingerprint density at radius 2 is 1.90 bits per heavy atom. The Labute approximate surface area is 181 Å². The van der Waals surface area contributed by atoms with Crippen molar-refractivity contribution in [2.45, 2.75) is 71.7 Å². The molecule has 0 spiro atoms. The monoisotopic (exact) mass is 461 g/mol. The standard InChI is InChI=1S/C21H30F3N3O3S/c1-6-8-15(2)30-18-10-7-9-17(11-18)27(31(28,29)14-21(22,23)24)13-16-12-25-26-19(16)20(3,4)5/h7,9-12,15H,6,8,13-14H2,1-5H3,(H,25,26). The van der Waals surface area contributed by atoms with Crippen molar-refractivity contribution in [3.8, 4) is 5.75 Å². The van der Waals surface area contributed by atoms with E-state index in [2.05, 4.69) is 10.2 Å². The van der Waals surface area contributed by atoms with Crippen molar-refractivity contribution in [1.29, 1.82) is 0 Å². The molecule has 0 radical (unpaired) electrons. The van der Waals surface area contributed by atoms with Gasteiger partial charge in [0.15, 0.2) is 5.75 Å². The summed E-state index contributed by atoms with van der Waals surface area (Å²) < 4.78 is 71.4. The molecule has 1 aromatic heterocycles. The summed E-state index contributed by atoms with van der Waals surface area (Å²) in [5.41, 5.74) is 0.866. The highest BCUT2D eigenvalue weighted by Crippen LogP contribution is 2.31. The number of rotatable bonds is 9. The number of ether oxygens (including phenoxy) is 1. The van der Waals surface area contributed by atoms with E-state index < -0.39 is 27.4 Å². The molecular weight excluding hydrogens is 431 g/mol. The predicted molar refractivity (Wildman–Crippen MR) is 115 cm³/mol. The summed E-state index contributed by atoms with van der Waals surface area (Å²) in [4.78, 5) is 0. The quantitative estimate of drug-likeness (QED) is 0.559. The largest absolute Gasteiger partial charge is 0.491 e. The maximum Gasteiger partial charge on any atom is 0.404 e. The zero-order valence-electron chi connectivity index (χ0n) is 18.5. The fourth-order valence-electron chi connectivity index (χ4n) is 3.28. The molecule has 0 saturated heterocycles. The Hall–Kier alpha value is -2.23. The van der Waals surface area contributed by atoms with Gasteiger partial charge < -0.3 is 4.74 Å². The predicted octanol–water partition coefficient (Wildman–Crippen LogP) is 5.17. The van der Waals surface area contributed by atoms with Crippen molar-refractivity contribution < 1.29 is 26.3 Å². The van der Waals surface area contributed by atoms with Crippen molar-refractivity contribution in [3.05, 3.63) is 41.7 Å². The molecule has 1 heterocycles. The van der Waals surface area contributed by atoms with Crippen molar-refractivity contribution in [3.63, 3.8) is 0 Å². The Balaban J connectivity index is 2.48. The summed E-state index contributed by atoms with van der Waals surface area (Å²) in [7, 11) is -4.72. The number of aromatic amines is 1. The van der Waals surface area contributed by atoms with E-state index in [1.807, 2.05) is 34.6 Å². The molecule has 10 heteroatoms. The molecule has 0 fully saturated rings. The zero-order valence-corrected chi connectivity index (χ0v) is 19.3. The number of benzene rings is 1. The lowest BCUT2D eigenvalue weighted by molar-refractivity contribution is -0.106. The van der Waals surface area contributed by atoms with Gasteiger partial charge in [0, 0.05) is 22.7 Å². The number of hydrogen-bond donors (Lipinski definition) is 1. The van der Waals surface area contributed by atoms with E-state index in [1.165, 1.54) is 18.3 Å². The van der Waals surface area contributed by atoms with Crippen LogP contribution in [0.4, 0.5) is 18.9 Å². The summed E-state index contributed by atoms with van der Waals surface area (Å²) in [6.45, 7) is 9.33. The molecule has 2 aromatic rings. The van der Waals surface area contributed by atoms with Crippen LogP contribution in [0, 0.1) is 0 Å². The van der Waals surface area contributed by atoms with E-state index in [0.717, 1.165) is 17.1 Å². The van der Waals surface area contributed by atoms with Crippen LogP contribution in [0.15, 0.2) is 30.5 Å². The third-order valence-corrected chi connectivity index (χ3v) is 6.31. The smallest absolute Gasteiger partial charge is 0.404 e. The van der Waals surface area contributed by atoms with Crippen molar-refractivity contribution in [1.82, 2.24) is 10.2 Å². The van der Waals surface area contributed by atoms with Gasteiger partial charge in [-0.3, -0.25) is 9.40 Å². The molecular formula is C21H30F3N3O3S. The number of aromatic nitrogens is 2. The summed E-state index contributed by atoms with van der Waals surface area (Å²) in [5, 5.41) is 6.81. The van der Waals surface area contributed by atoms with Crippen LogP contribution < -0.4 is 9.04 Å². The van der Waals surface area contributed by atoms with Crippen molar-refractivity contribution in [2.24, 2.45) is 0 Å². The van der Waals surface area contributed by atoms with Gasteiger partial charge in [-0.25, -0.2) is 8.42 Å². The van der Waals surface area contributed by atoms with E-state index in [4.69, 9.17) is 4.74 Å². The molecule has 0 aliphatic carbocycles. The number of H-pyrrole nitrogens is 1. The maximum absolute atomic E-state index is 13.1. The highest BCUT2D eigenvalue weighted by Gasteiger charge is 2.39. The Bertz CT molecular complexity index is 966. The Kier molecular flexibility index (Phi) is 7.67. The molecule has 2 rings (SSSR count). The fourth-order valence-corrected chi connectivity index (χ4v) is 4.62. The fraction of sp³-hybridized carbons (Fsp3) is 0.571. The van der Waals surface area contributed by atoms with E-state index in [1.54, 1.807) is 12.1 Å². The first kappa shape index (κ1) is 25.0. The molecule has 31 heavy (non-hydrogen) atoms. The number of alkyl halides is 3. The topological polar surface area (TPSA) is 75.3 Å². The number of hydrogen-bond acceptors (Lipinski definition) is 4. The first-order chi connectivity index (χ1) is 14.2. The lowest BCUT2D eigenvalue weighted by Gasteiger charge is -2.27. The molecule has 0 aliphatic heterocycles. The van der Waals surface area contributed by atoms with Crippen LogP contribution in [-0.2, 0) is 22.0 Å². The normalized spacial score (nSPS) is 13.8. The first-order valence-corrected chi connectivity index (χ1v) is 11.7. The highest BCUT2D eigenvalue weighted by atomic mass is 32.2. The van der Waals surface area contributed by atoms with Crippen LogP contribution in [0.25, 0.3) is 0 Å². The molecule has 1 unspecified atom stereocenters. The van der Waals surface area contributed by atoms with E-state index in [0.29, 0.717) is 17.0 Å². The molecule has 0 saturated carbocycles. The molecule has 1 atom stereocenters. The third kappa shape index (κ3) is 7.15. The number of anilines is 1. The van der Waals surface area contributed by atoms with Gasteiger partial charge in [-0.15, -0.1) is 0 Å². The minimum Gasteiger partial charge on any atom is -0.491 e. The van der Waals surface area contributed by atoms with Gasteiger partial charge in [-0.2, -0.15) is 18.3 Å². The molecule has 1 N–H and O–H groups in total. The lowest BCUT2D eigenvalue weighted by atomic mass is 9.89. The summed E-state index contributed by atoms with van der Waals surface area (Å²) in [6.07, 6.45) is -1.83. The van der Waals surface area contributed by atoms with E-state index >= 15 is 0 Å². The molecule has 1 aromatic carbocycles. The van der Waals surface area contributed by atoms with Gasteiger partial charge in [0.25, 0.3) is 0 Å². The summed E-state index contributed by atoms with van der Waals surface area (Å²) in [5.74, 6) is -1.56. The Morgan fingerprint density at radius 1 is 1.23 bits per heavy atom. The minimum absolute atomic E-state index is 0.103. The van der Waals surface area contributed by atoms with Crippen LogP contribution >= 0.6 is 0 Å². The minimum atomic E-state index is -4.87. The number of halogens is 3. The van der Waals surface area contributed by atoms with Gasteiger partial charge in [0.05, 0.1) is 24.5 Å². The first-order valence-electron chi connectivity index (χ1n) is 10.1. The third-order valence-electron chi connectivity index (χ3n) is 4.60. The van der Waals surface area contributed by atoms with Gasteiger partial charge in [-0.1, -0.05) is 40.2 Å². The van der Waals surface area contributed by atoms with Gasteiger partial charge in [-0.05, 0) is 25.5 Å². The summed E-state index contributed by atoms with van der Waals surface area (Å²) >= 11 is 0. The average molecular weight is 462 g/mol.